The van der Waals surface area contributed by atoms with Gasteiger partial charge in [-0.3, -0.25) is 15.5 Å². The van der Waals surface area contributed by atoms with Crippen LogP contribution in [0.4, 0.5) is 0 Å². The van der Waals surface area contributed by atoms with Gasteiger partial charge in [0, 0.05) is 24.2 Å². The van der Waals surface area contributed by atoms with Gasteiger partial charge in [-0.25, -0.2) is 5.43 Å². The normalized spacial score (nSPS) is 11.9. The van der Waals surface area contributed by atoms with E-state index >= 15 is 0 Å². The predicted octanol–water partition coefficient (Wildman–Crippen LogP) is -0.808. The monoisotopic (exact) mass is 395 g/mol. The molecule has 10 N–H and O–H groups in total. The number of aliphatic hydroxyl groups is 1. The maximum Gasteiger partial charge on any atom is 0.253 e. The molecule has 1 unspecified atom stereocenters. The topological polar surface area (TPSA) is 195 Å². The van der Waals surface area contributed by atoms with Gasteiger partial charge in [0.25, 0.3) is 5.91 Å². The quantitative estimate of drug-likeness (QED) is 0.199. The van der Waals surface area contributed by atoms with Gasteiger partial charge in [0.1, 0.15) is 6.04 Å². The Morgan fingerprint density at radius 1 is 0.786 bits per heavy atom. The van der Waals surface area contributed by atoms with Gasteiger partial charge < -0.3 is 35.7 Å². The van der Waals surface area contributed by atoms with Crippen LogP contribution in [0, 0.1) is 0 Å². The zero-order valence-electron chi connectivity index (χ0n) is 14.5. The molecule has 0 aliphatic heterocycles. The summed E-state index contributed by atoms with van der Waals surface area (Å²) in [7, 11) is 0. The van der Waals surface area contributed by atoms with Crippen LogP contribution >= 0.6 is 0 Å². The Balaban J connectivity index is 1.90. The summed E-state index contributed by atoms with van der Waals surface area (Å²) in [6, 6.07) is 3.94. The van der Waals surface area contributed by atoms with E-state index in [0.717, 1.165) is 0 Å². The highest BCUT2D eigenvalue weighted by atomic mass is 16.3. The molecule has 0 heterocycles. The Hall–Kier alpha value is -3.41. The molecule has 0 aromatic heterocycles. The first-order valence-electron chi connectivity index (χ1n) is 8.08. The molecule has 0 aliphatic carbocycles. The van der Waals surface area contributed by atoms with Crippen molar-refractivity contribution in [3.63, 3.8) is 0 Å². The van der Waals surface area contributed by atoms with Gasteiger partial charge in [-0.15, -0.1) is 0 Å². The standard InChI is InChI=1S/C17H21N3O8/c21-7-10(18-5-8-1-3-11(22)15(26)13(8)24)17(28)20-19-6-9-2-4-12(23)16(27)14(9)25/h1-4,10,18-19,21-27H,5-7H2,(H,20,28). The Kier molecular flexibility index (Phi) is 6.71. The predicted molar refractivity (Wildman–Crippen MR) is 95.6 cm³/mol. The number of carbonyl (C=O) groups excluding carboxylic acids is 1. The molecule has 1 amide bonds. The average Bonchev–Trinajstić information content (AvgIpc) is 2.68. The average molecular weight is 395 g/mol. The summed E-state index contributed by atoms with van der Waals surface area (Å²) in [6.07, 6.45) is 0. The molecule has 2 aromatic rings. The molecular formula is C17H21N3O8. The highest BCUT2D eigenvalue weighted by Gasteiger charge is 2.19. The van der Waals surface area contributed by atoms with Gasteiger partial charge in [0.15, 0.2) is 23.0 Å². The molecule has 0 radical (unpaired) electrons. The maximum atomic E-state index is 12.1. The molecule has 11 heteroatoms. The third-order valence-electron chi connectivity index (χ3n) is 3.96. The largest absolute Gasteiger partial charge is 0.504 e. The van der Waals surface area contributed by atoms with E-state index in [1.807, 2.05) is 0 Å². The third kappa shape index (κ3) is 4.65. The molecule has 0 aliphatic rings. The van der Waals surface area contributed by atoms with E-state index in [1.54, 1.807) is 0 Å². The Morgan fingerprint density at radius 3 is 1.79 bits per heavy atom. The van der Waals surface area contributed by atoms with E-state index in [4.69, 9.17) is 0 Å². The lowest BCUT2D eigenvalue weighted by atomic mass is 10.1. The summed E-state index contributed by atoms with van der Waals surface area (Å²) in [4.78, 5) is 12.1. The van der Waals surface area contributed by atoms with Crippen molar-refractivity contribution in [3.8, 4) is 34.5 Å². The number of aromatic hydroxyl groups is 6. The molecule has 2 aromatic carbocycles. The highest BCUT2D eigenvalue weighted by Crippen LogP contribution is 2.37. The first-order chi connectivity index (χ1) is 13.3. The zero-order valence-corrected chi connectivity index (χ0v) is 14.5. The lowest BCUT2D eigenvalue weighted by Gasteiger charge is -2.17. The van der Waals surface area contributed by atoms with Crippen LogP contribution in [0.3, 0.4) is 0 Å². The minimum absolute atomic E-state index is 0.0871. The molecule has 0 saturated heterocycles. The third-order valence-corrected chi connectivity index (χ3v) is 3.96. The fraction of sp³-hybridized carbons (Fsp3) is 0.235. The number of carbonyl (C=O) groups is 1. The van der Waals surface area contributed by atoms with E-state index in [2.05, 4.69) is 16.2 Å². The van der Waals surface area contributed by atoms with Crippen LogP contribution in [-0.2, 0) is 17.9 Å². The summed E-state index contributed by atoms with van der Waals surface area (Å²) < 4.78 is 0. The number of phenolic OH excluding ortho intramolecular Hbond substituents is 6. The summed E-state index contributed by atoms with van der Waals surface area (Å²) in [5.74, 6) is -4.11. The van der Waals surface area contributed by atoms with Crippen molar-refractivity contribution in [2.45, 2.75) is 19.1 Å². The van der Waals surface area contributed by atoms with Crippen molar-refractivity contribution in [2.75, 3.05) is 6.61 Å². The van der Waals surface area contributed by atoms with Crippen molar-refractivity contribution < 1.29 is 40.5 Å². The number of phenols is 6. The highest BCUT2D eigenvalue weighted by molar-refractivity contribution is 5.81. The van der Waals surface area contributed by atoms with E-state index < -0.39 is 53.1 Å². The minimum Gasteiger partial charge on any atom is -0.504 e. The van der Waals surface area contributed by atoms with Gasteiger partial charge in [0.2, 0.25) is 11.5 Å². The minimum atomic E-state index is -1.08. The number of benzene rings is 2. The molecule has 2 rings (SSSR count). The van der Waals surface area contributed by atoms with Crippen LogP contribution in [0.2, 0.25) is 0 Å². The number of hydrogen-bond donors (Lipinski definition) is 10. The molecule has 0 saturated carbocycles. The second-order valence-corrected chi connectivity index (χ2v) is 5.84. The zero-order chi connectivity index (χ0) is 20.8. The Labute approximate surface area is 159 Å². The second-order valence-electron chi connectivity index (χ2n) is 5.84. The summed E-state index contributed by atoms with van der Waals surface area (Å²) in [5.41, 5.74) is 5.20. The van der Waals surface area contributed by atoms with Crippen LogP contribution in [0.15, 0.2) is 24.3 Å². The molecule has 0 fully saturated rings. The SMILES string of the molecule is O=C(NNCc1ccc(O)c(O)c1O)C(CO)NCc1ccc(O)c(O)c1O. The second kappa shape index (κ2) is 8.99. The first-order valence-corrected chi connectivity index (χ1v) is 8.08. The molecule has 28 heavy (non-hydrogen) atoms. The van der Waals surface area contributed by atoms with Gasteiger partial charge >= 0.3 is 0 Å². The van der Waals surface area contributed by atoms with Crippen LogP contribution in [-0.4, -0.2) is 54.3 Å². The maximum absolute atomic E-state index is 12.1. The van der Waals surface area contributed by atoms with E-state index in [9.17, 15) is 40.5 Å². The fourth-order valence-corrected chi connectivity index (χ4v) is 2.29. The molecule has 1 atom stereocenters. The van der Waals surface area contributed by atoms with Gasteiger partial charge in [-0.2, -0.15) is 0 Å². The van der Waals surface area contributed by atoms with Crippen LogP contribution < -0.4 is 16.2 Å². The Morgan fingerprint density at radius 2 is 1.29 bits per heavy atom. The van der Waals surface area contributed by atoms with Crippen molar-refractivity contribution in [3.05, 3.63) is 35.4 Å². The number of aliphatic hydroxyl groups excluding tert-OH is 1. The molecular weight excluding hydrogens is 374 g/mol. The summed E-state index contributed by atoms with van der Waals surface area (Å²) >= 11 is 0. The fourth-order valence-electron chi connectivity index (χ4n) is 2.29. The van der Waals surface area contributed by atoms with Crippen LogP contribution in [0.25, 0.3) is 0 Å². The van der Waals surface area contributed by atoms with Crippen molar-refractivity contribution in [2.24, 2.45) is 0 Å². The molecule has 11 nitrogen and oxygen atoms in total. The summed E-state index contributed by atoms with van der Waals surface area (Å²) in [6.45, 7) is -0.759. The number of nitrogens with one attached hydrogen (secondary N) is 3. The van der Waals surface area contributed by atoms with Crippen molar-refractivity contribution >= 4 is 5.91 Å². The van der Waals surface area contributed by atoms with Crippen LogP contribution in [0.5, 0.6) is 34.5 Å². The smallest absolute Gasteiger partial charge is 0.253 e. The van der Waals surface area contributed by atoms with Gasteiger partial charge in [-0.1, -0.05) is 12.1 Å². The summed E-state index contributed by atoms with van der Waals surface area (Å²) in [5, 5.41) is 69.0. The van der Waals surface area contributed by atoms with E-state index in [-0.39, 0.29) is 24.2 Å². The van der Waals surface area contributed by atoms with Crippen LogP contribution in [0.1, 0.15) is 11.1 Å². The van der Waals surface area contributed by atoms with Crippen molar-refractivity contribution in [1.29, 1.82) is 0 Å². The Bertz CT molecular complexity index is 859. The lowest BCUT2D eigenvalue weighted by molar-refractivity contribution is -0.125. The van der Waals surface area contributed by atoms with Gasteiger partial charge in [0.05, 0.1) is 6.61 Å². The van der Waals surface area contributed by atoms with Gasteiger partial charge in [-0.05, 0) is 12.1 Å². The molecule has 152 valence electrons. The molecule has 0 bridgehead atoms. The van der Waals surface area contributed by atoms with Crippen molar-refractivity contribution in [1.82, 2.24) is 16.2 Å². The number of amides is 1. The number of hydrazine groups is 1. The van der Waals surface area contributed by atoms with E-state index in [0.29, 0.717) is 0 Å². The van der Waals surface area contributed by atoms with E-state index in [1.165, 1.54) is 24.3 Å². The molecule has 0 spiro atoms. The lowest BCUT2D eigenvalue weighted by Crippen LogP contribution is -2.50. The number of hydrogen-bond acceptors (Lipinski definition) is 10. The number of rotatable bonds is 8. The first kappa shape index (κ1) is 20.9.